The number of benzene rings is 2. The molecule has 2 aromatic carbocycles. The van der Waals surface area contributed by atoms with E-state index in [9.17, 15) is 18.4 Å². The topological polar surface area (TPSA) is 72.6 Å². The Hall–Kier alpha value is -2.96. The summed E-state index contributed by atoms with van der Waals surface area (Å²) in [6.45, 7) is 1.49. The number of ether oxygens (including phenoxy) is 1. The molecular weight excluding hydrogens is 342 g/mol. The van der Waals surface area contributed by atoms with E-state index in [2.05, 4.69) is 0 Å². The van der Waals surface area contributed by atoms with Crippen LogP contribution in [0, 0.1) is 11.6 Å². The van der Waals surface area contributed by atoms with E-state index in [1.807, 2.05) is 6.07 Å². The summed E-state index contributed by atoms with van der Waals surface area (Å²) in [5, 5.41) is 0. The molecule has 2 N–H and O–H groups in total. The van der Waals surface area contributed by atoms with Crippen LogP contribution in [-0.2, 0) is 9.59 Å². The monoisotopic (exact) mass is 362 g/mol. The predicted octanol–water partition coefficient (Wildman–Crippen LogP) is 2.81. The largest absolute Gasteiger partial charge is 0.481 e. The molecule has 2 rings (SSSR count). The van der Waals surface area contributed by atoms with Gasteiger partial charge in [0.1, 0.15) is 5.75 Å². The van der Waals surface area contributed by atoms with Gasteiger partial charge in [0.2, 0.25) is 5.91 Å². The number of carbonyl (C=O) groups excluding carboxylic acids is 2. The Morgan fingerprint density at radius 1 is 1.12 bits per heavy atom. The van der Waals surface area contributed by atoms with Crippen molar-refractivity contribution in [3.8, 4) is 5.75 Å². The molecule has 0 radical (unpaired) electrons. The summed E-state index contributed by atoms with van der Waals surface area (Å²) < 4.78 is 31.7. The zero-order valence-corrected chi connectivity index (χ0v) is 14.5. The Labute approximate surface area is 150 Å². The molecule has 2 atom stereocenters. The van der Waals surface area contributed by atoms with Crippen molar-refractivity contribution in [2.45, 2.75) is 25.5 Å². The smallest absolute Gasteiger partial charge is 0.263 e. The van der Waals surface area contributed by atoms with Gasteiger partial charge in [-0.25, -0.2) is 8.78 Å². The Morgan fingerprint density at radius 2 is 1.77 bits per heavy atom. The van der Waals surface area contributed by atoms with Crippen molar-refractivity contribution in [2.24, 2.45) is 5.73 Å². The van der Waals surface area contributed by atoms with Gasteiger partial charge in [-0.05, 0) is 24.6 Å². The fourth-order valence-electron chi connectivity index (χ4n) is 2.59. The number of amides is 2. The summed E-state index contributed by atoms with van der Waals surface area (Å²) >= 11 is 0. The molecule has 5 nitrogen and oxygen atoms in total. The van der Waals surface area contributed by atoms with Gasteiger partial charge < -0.3 is 15.4 Å². The van der Waals surface area contributed by atoms with Crippen molar-refractivity contribution in [3.63, 3.8) is 0 Å². The van der Waals surface area contributed by atoms with Gasteiger partial charge in [0.05, 0.1) is 12.5 Å². The zero-order chi connectivity index (χ0) is 19.3. The van der Waals surface area contributed by atoms with Crippen molar-refractivity contribution in [1.82, 2.24) is 4.90 Å². The van der Waals surface area contributed by atoms with E-state index >= 15 is 0 Å². The number of primary amides is 1. The lowest BCUT2D eigenvalue weighted by Gasteiger charge is -2.30. The quantitative estimate of drug-likeness (QED) is 0.823. The summed E-state index contributed by atoms with van der Waals surface area (Å²) in [7, 11) is 1.54. The van der Waals surface area contributed by atoms with Crippen LogP contribution < -0.4 is 10.5 Å². The van der Waals surface area contributed by atoms with Crippen molar-refractivity contribution < 1.29 is 23.1 Å². The van der Waals surface area contributed by atoms with Crippen LogP contribution in [0.1, 0.15) is 24.9 Å². The minimum absolute atomic E-state index is 0.0318. The first-order valence-electron chi connectivity index (χ1n) is 8.01. The third-order valence-corrected chi connectivity index (χ3v) is 3.95. The second kappa shape index (κ2) is 8.42. The van der Waals surface area contributed by atoms with Crippen molar-refractivity contribution in [3.05, 3.63) is 65.7 Å². The number of nitrogens with two attached hydrogens (primary N) is 1. The van der Waals surface area contributed by atoms with E-state index in [1.54, 1.807) is 24.3 Å². The van der Waals surface area contributed by atoms with Crippen LogP contribution in [0.2, 0.25) is 0 Å². The molecule has 0 saturated carbocycles. The van der Waals surface area contributed by atoms with Gasteiger partial charge in [0.15, 0.2) is 17.7 Å². The second-order valence-electron chi connectivity index (χ2n) is 5.88. The molecule has 138 valence electrons. The van der Waals surface area contributed by atoms with Gasteiger partial charge in [0.25, 0.3) is 5.91 Å². The summed E-state index contributed by atoms with van der Waals surface area (Å²) in [4.78, 5) is 25.5. The fourth-order valence-corrected chi connectivity index (χ4v) is 2.59. The molecule has 2 amide bonds. The number of hydrogen-bond acceptors (Lipinski definition) is 3. The molecule has 0 bridgehead atoms. The van der Waals surface area contributed by atoms with Gasteiger partial charge in [-0.1, -0.05) is 30.3 Å². The highest BCUT2D eigenvalue weighted by molar-refractivity contribution is 5.82. The molecule has 2 unspecified atom stereocenters. The van der Waals surface area contributed by atoms with Gasteiger partial charge in [-0.2, -0.15) is 0 Å². The van der Waals surface area contributed by atoms with E-state index in [4.69, 9.17) is 10.5 Å². The Bertz CT molecular complexity index is 784. The van der Waals surface area contributed by atoms with Crippen LogP contribution in [0.25, 0.3) is 0 Å². The van der Waals surface area contributed by atoms with Gasteiger partial charge in [-0.15, -0.1) is 0 Å². The van der Waals surface area contributed by atoms with E-state index in [-0.39, 0.29) is 12.2 Å². The minimum atomic E-state index is -1.06. The highest BCUT2D eigenvalue weighted by atomic mass is 19.2. The molecule has 0 saturated heterocycles. The molecule has 0 aliphatic rings. The maximum atomic E-state index is 13.3. The molecule has 26 heavy (non-hydrogen) atoms. The molecule has 0 spiro atoms. The molecular formula is C19H20F2N2O3. The SMILES string of the molecule is CC(Oc1ccc(F)c(F)c1)C(=O)N(C)C(CC(N)=O)c1ccccc1. The highest BCUT2D eigenvalue weighted by Crippen LogP contribution is 2.24. The second-order valence-corrected chi connectivity index (χ2v) is 5.88. The number of halogens is 2. The summed E-state index contributed by atoms with van der Waals surface area (Å²) in [6, 6.07) is 11.5. The lowest BCUT2D eigenvalue weighted by molar-refractivity contribution is -0.139. The van der Waals surface area contributed by atoms with Gasteiger partial charge >= 0.3 is 0 Å². The van der Waals surface area contributed by atoms with Crippen molar-refractivity contribution >= 4 is 11.8 Å². The zero-order valence-electron chi connectivity index (χ0n) is 14.5. The number of rotatable bonds is 7. The van der Waals surface area contributed by atoms with Crippen LogP contribution in [0.15, 0.2) is 48.5 Å². The number of nitrogens with zero attached hydrogens (tertiary/aromatic N) is 1. The Kier molecular flexibility index (Phi) is 6.27. The standard InChI is InChI=1S/C19H20F2N2O3/c1-12(26-14-8-9-15(20)16(21)10-14)19(25)23(2)17(11-18(22)24)13-6-4-3-5-7-13/h3-10,12,17H,11H2,1-2H3,(H2,22,24). The molecule has 0 heterocycles. The number of hydrogen-bond donors (Lipinski definition) is 1. The third kappa shape index (κ3) is 4.78. The van der Waals surface area contributed by atoms with Crippen LogP contribution >= 0.6 is 0 Å². The summed E-state index contributed by atoms with van der Waals surface area (Å²) in [5.41, 5.74) is 6.07. The first-order chi connectivity index (χ1) is 12.3. The Morgan fingerprint density at radius 3 is 2.35 bits per heavy atom. The van der Waals surface area contributed by atoms with E-state index < -0.39 is 35.6 Å². The predicted molar refractivity (Wildman–Crippen MR) is 92.2 cm³/mol. The van der Waals surface area contributed by atoms with Crippen LogP contribution in [-0.4, -0.2) is 29.9 Å². The lowest BCUT2D eigenvalue weighted by Crippen LogP contribution is -2.41. The molecule has 0 aliphatic carbocycles. The average Bonchev–Trinajstić information content (AvgIpc) is 2.62. The van der Waals surface area contributed by atoms with Gasteiger partial charge in [0, 0.05) is 13.1 Å². The minimum Gasteiger partial charge on any atom is -0.481 e. The highest BCUT2D eigenvalue weighted by Gasteiger charge is 2.28. The lowest BCUT2D eigenvalue weighted by atomic mass is 10.0. The number of carbonyl (C=O) groups is 2. The number of likely N-dealkylation sites (N-methyl/N-ethyl adjacent to an activating group) is 1. The molecule has 7 heteroatoms. The fraction of sp³-hybridized carbons (Fsp3) is 0.263. The van der Waals surface area contributed by atoms with Crippen molar-refractivity contribution in [2.75, 3.05) is 7.05 Å². The maximum absolute atomic E-state index is 13.3. The van der Waals surface area contributed by atoms with Crippen LogP contribution in [0.5, 0.6) is 5.75 Å². The summed E-state index contributed by atoms with van der Waals surface area (Å²) in [5.74, 6) is -3.01. The maximum Gasteiger partial charge on any atom is 0.263 e. The first kappa shape index (κ1) is 19.4. The Balaban J connectivity index is 2.16. The van der Waals surface area contributed by atoms with Gasteiger partial charge in [-0.3, -0.25) is 9.59 Å². The molecule has 2 aromatic rings. The normalized spacial score (nSPS) is 12.9. The molecule has 0 aliphatic heterocycles. The van der Waals surface area contributed by atoms with E-state index in [0.717, 1.165) is 17.7 Å². The van der Waals surface area contributed by atoms with E-state index in [1.165, 1.54) is 24.9 Å². The molecule has 0 fully saturated rings. The van der Waals surface area contributed by atoms with Crippen molar-refractivity contribution in [1.29, 1.82) is 0 Å². The van der Waals surface area contributed by atoms with Crippen LogP contribution in [0.4, 0.5) is 8.78 Å². The third-order valence-electron chi connectivity index (χ3n) is 3.95. The van der Waals surface area contributed by atoms with Crippen LogP contribution in [0.3, 0.4) is 0 Å². The molecule has 0 aromatic heterocycles. The average molecular weight is 362 g/mol. The van der Waals surface area contributed by atoms with E-state index in [0.29, 0.717) is 0 Å². The summed E-state index contributed by atoms with van der Waals surface area (Å²) in [6.07, 6.45) is -1.02. The first-order valence-corrected chi connectivity index (χ1v) is 8.01.